The molecular weight excluding hydrogens is 384 g/mol. The standard InChI is InChI=1S/C22H22N4O4/c1-13-6-7-22-17(8-13)21(12-25,19(26)30-22)20(10-23,11-24)18(29-22)14-4-5-15(27-2)16(9-14)28-3/h4-5,9,13,17-18,26H,6-8H2,1-3H3. The van der Waals surface area contributed by atoms with Crippen molar-refractivity contribution in [1.29, 1.82) is 21.2 Å². The molecule has 3 aliphatic rings. The zero-order valence-electron chi connectivity index (χ0n) is 17.1. The van der Waals surface area contributed by atoms with Crippen LogP contribution in [0.5, 0.6) is 11.5 Å². The highest BCUT2D eigenvalue weighted by atomic mass is 16.7. The number of methoxy groups -OCH3 is 2. The van der Waals surface area contributed by atoms with Gasteiger partial charge in [0.2, 0.25) is 17.1 Å². The molecule has 0 aromatic heterocycles. The van der Waals surface area contributed by atoms with Gasteiger partial charge in [-0.1, -0.05) is 13.0 Å². The molecule has 8 heteroatoms. The Labute approximate surface area is 175 Å². The van der Waals surface area contributed by atoms with Crippen LogP contribution in [-0.4, -0.2) is 25.9 Å². The summed E-state index contributed by atoms with van der Waals surface area (Å²) in [5, 5.41) is 39.5. The van der Waals surface area contributed by atoms with Crippen LogP contribution >= 0.6 is 0 Å². The van der Waals surface area contributed by atoms with Crippen LogP contribution in [0.15, 0.2) is 18.2 Å². The molecule has 1 aromatic carbocycles. The third kappa shape index (κ3) is 2.19. The lowest BCUT2D eigenvalue weighted by Gasteiger charge is -2.52. The number of rotatable bonds is 3. The van der Waals surface area contributed by atoms with Crippen molar-refractivity contribution in [3.63, 3.8) is 0 Å². The molecule has 1 saturated carbocycles. The lowest BCUT2D eigenvalue weighted by molar-refractivity contribution is -0.298. The van der Waals surface area contributed by atoms with Gasteiger partial charge in [-0.05, 0) is 36.5 Å². The summed E-state index contributed by atoms with van der Waals surface area (Å²) in [6.07, 6.45) is 0.733. The van der Waals surface area contributed by atoms with Crippen molar-refractivity contribution in [2.75, 3.05) is 14.2 Å². The number of benzene rings is 1. The first-order valence-electron chi connectivity index (χ1n) is 9.79. The molecule has 2 saturated heterocycles. The van der Waals surface area contributed by atoms with E-state index in [0.29, 0.717) is 29.9 Å². The van der Waals surface area contributed by atoms with E-state index in [0.717, 1.165) is 6.42 Å². The Morgan fingerprint density at radius 3 is 2.40 bits per heavy atom. The molecule has 2 aliphatic heterocycles. The maximum atomic E-state index is 10.3. The molecule has 30 heavy (non-hydrogen) atoms. The monoisotopic (exact) mass is 406 g/mol. The Hall–Kier alpha value is -3.28. The zero-order chi connectivity index (χ0) is 21.7. The number of nitrogens with one attached hydrogen (secondary N) is 1. The molecule has 0 radical (unpaired) electrons. The van der Waals surface area contributed by atoms with Crippen LogP contribution in [0.1, 0.15) is 37.9 Å². The number of nitrogens with zero attached hydrogens (tertiary/aromatic N) is 3. The molecule has 1 aliphatic carbocycles. The third-order valence-corrected chi connectivity index (χ3v) is 6.88. The summed E-state index contributed by atoms with van der Waals surface area (Å²) in [4.78, 5) is 0. The van der Waals surface area contributed by atoms with E-state index in [4.69, 9.17) is 24.4 Å². The lowest BCUT2D eigenvalue weighted by Crippen LogP contribution is -2.60. The van der Waals surface area contributed by atoms with Crippen LogP contribution in [-0.2, 0) is 9.47 Å². The Kier molecular flexibility index (Phi) is 4.42. The van der Waals surface area contributed by atoms with Gasteiger partial charge >= 0.3 is 0 Å². The molecule has 154 valence electrons. The first kappa shape index (κ1) is 20.0. The van der Waals surface area contributed by atoms with E-state index in [1.165, 1.54) is 14.2 Å². The molecule has 4 rings (SSSR count). The summed E-state index contributed by atoms with van der Waals surface area (Å²) >= 11 is 0. The van der Waals surface area contributed by atoms with Crippen molar-refractivity contribution in [3.05, 3.63) is 23.8 Å². The van der Waals surface area contributed by atoms with E-state index in [-0.39, 0.29) is 11.8 Å². The topological polar surface area (TPSA) is 132 Å². The molecule has 1 aromatic rings. The molecule has 5 atom stereocenters. The predicted molar refractivity (Wildman–Crippen MR) is 103 cm³/mol. The van der Waals surface area contributed by atoms with Crippen molar-refractivity contribution in [3.8, 4) is 29.7 Å². The summed E-state index contributed by atoms with van der Waals surface area (Å²) in [5.41, 5.74) is -3.19. The largest absolute Gasteiger partial charge is 0.493 e. The van der Waals surface area contributed by atoms with Crippen molar-refractivity contribution < 1.29 is 18.9 Å². The quantitative estimate of drug-likeness (QED) is 0.813. The van der Waals surface area contributed by atoms with Gasteiger partial charge in [0.05, 0.1) is 38.3 Å². The number of ether oxygens (including phenoxy) is 4. The molecule has 3 fully saturated rings. The van der Waals surface area contributed by atoms with E-state index >= 15 is 0 Å². The van der Waals surface area contributed by atoms with Gasteiger partial charge in [-0.25, -0.2) is 0 Å². The highest BCUT2D eigenvalue weighted by molar-refractivity contribution is 5.89. The fourth-order valence-electron chi connectivity index (χ4n) is 5.34. The van der Waals surface area contributed by atoms with Gasteiger partial charge in [0.1, 0.15) is 6.10 Å². The highest BCUT2D eigenvalue weighted by Gasteiger charge is 2.80. The Bertz CT molecular complexity index is 1020. The fraction of sp³-hybridized carbons (Fsp3) is 0.545. The molecular formula is C22H22N4O4. The molecule has 0 amide bonds. The van der Waals surface area contributed by atoms with Crippen molar-refractivity contribution >= 4 is 5.90 Å². The molecule has 0 spiro atoms. The smallest absolute Gasteiger partial charge is 0.217 e. The van der Waals surface area contributed by atoms with E-state index in [1.54, 1.807) is 18.2 Å². The average Bonchev–Trinajstić information content (AvgIpc) is 2.96. The van der Waals surface area contributed by atoms with Crippen LogP contribution in [0.2, 0.25) is 0 Å². The van der Waals surface area contributed by atoms with Gasteiger partial charge in [-0.2, -0.15) is 15.8 Å². The summed E-state index contributed by atoms with van der Waals surface area (Å²) in [6, 6.07) is 11.3. The van der Waals surface area contributed by atoms with Crippen molar-refractivity contribution in [2.24, 2.45) is 22.7 Å². The summed E-state index contributed by atoms with van der Waals surface area (Å²) < 4.78 is 23.0. The van der Waals surface area contributed by atoms with E-state index < -0.39 is 28.6 Å². The minimum absolute atomic E-state index is 0.265. The fourth-order valence-corrected chi connectivity index (χ4v) is 5.34. The van der Waals surface area contributed by atoms with Crippen molar-refractivity contribution in [1.82, 2.24) is 0 Å². The lowest BCUT2D eigenvalue weighted by atomic mass is 9.50. The van der Waals surface area contributed by atoms with Crippen LogP contribution in [0.4, 0.5) is 0 Å². The summed E-state index contributed by atoms with van der Waals surface area (Å²) in [5.74, 6) is -0.955. The van der Waals surface area contributed by atoms with Crippen LogP contribution in [0.3, 0.4) is 0 Å². The van der Waals surface area contributed by atoms with Gasteiger partial charge in [-0.15, -0.1) is 0 Å². The van der Waals surface area contributed by atoms with Crippen LogP contribution in [0.25, 0.3) is 0 Å². The maximum absolute atomic E-state index is 10.3. The number of hydrogen-bond acceptors (Lipinski definition) is 8. The van der Waals surface area contributed by atoms with Gasteiger partial charge in [-0.3, -0.25) is 5.41 Å². The maximum Gasteiger partial charge on any atom is 0.217 e. The Morgan fingerprint density at radius 1 is 1.10 bits per heavy atom. The van der Waals surface area contributed by atoms with Crippen LogP contribution < -0.4 is 9.47 Å². The summed E-state index contributed by atoms with van der Waals surface area (Å²) in [6.45, 7) is 2.06. The first-order chi connectivity index (χ1) is 14.4. The Morgan fingerprint density at radius 2 is 1.80 bits per heavy atom. The highest BCUT2D eigenvalue weighted by Crippen LogP contribution is 2.70. The SMILES string of the molecule is COc1ccc(C2OC34CCC(C)CC3C(C#N)(C(=N)O4)C2(C#N)C#N)cc1OC. The van der Waals surface area contributed by atoms with Crippen molar-refractivity contribution in [2.45, 2.75) is 38.1 Å². The molecule has 5 unspecified atom stereocenters. The zero-order valence-corrected chi connectivity index (χ0v) is 17.1. The summed E-state index contributed by atoms with van der Waals surface area (Å²) in [7, 11) is 3.00. The van der Waals surface area contributed by atoms with Gasteiger partial charge in [0.25, 0.3) is 0 Å². The average molecular weight is 406 g/mol. The van der Waals surface area contributed by atoms with E-state index in [2.05, 4.69) is 25.1 Å². The molecule has 8 nitrogen and oxygen atoms in total. The molecule has 2 heterocycles. The predicted octanol–water partition coefficient (Wildman–Crippen LogP) is 3.46. The van der Waals surface area contributed by atoms with Gasteiger partial charge < -0.3 is 18.9 Å². The second-order valence-corrected chi connectivity index (χ2v) is 8.24. The second-order valence-electron chi connectivity index (χ2n) is 8.24. The Balaban J connectivity index is 1.97. The third-order valence-electron chi connectivity index (χ3n) is 6.88. The molecule has 2 bridgehead atoms. The minimum atomic E-state index is -1.96. The minimum Gasteiger partial charge on any atom is -0.493 e. The van der Waals surface area contributed by atoms with E-state index in [1.807, 2.05) is 0 Å². The second kappa shape index (κ2) is 6.62. The number of hydrogen-bond donors (Lipinski definition) is 1. The van der Waals surface area contributed by atoms with Gasteiger partial charge in [0, 0.05) is 6.42 Å². The number of nitriles is 3. The first-order valence-corrected chi connectivity index (χ1v) is 9.79. The normalized spacial score (nSPS) is 35.7. The van der Waals surface area contributed by atoms with Gasteiger partial charge in [0.15, 0.2) is 16.9 Å². The van der Waals surface area contributed by atoms with Crippen LogP contribution in [0, 0.1) is 62.1 Å². The van der Waals surface area contributed by atoms with E-state index in [9.17, 15) is 15.8 Å². The molecule has 1 N–H and O–H groups in total.